The lowest BCUT2D eigenvalue weighted by molar-refractivity contribution is -0.137. The van der Waals surface area contributed by atoms with Gasteiger partial charge in [-0.15, -0.1) is 0 Å². The number of amides is 1. The highest BCUT2D eigenvalue weighted by atomic mass is 19.4. The van der Waals surface area contributed by atoms with Gasteiger partial charge in [0.25, 0.3) is 5.91 Å². The number of guanidine groups is 1. The van der Waals surface area contributed by atoms with Crippen LogP contribution in [0.2, 0.25) is 0 Å². The Bertz CT molecular complexity index is 1350. The Kier molecular flexibility index (Phi) is 5.60. The Morgan fingerprint density at radius 2 is 1.84 bits per heavy atom. The van der Waals surface area contributed by atoms with E-state index in [4.69, 9.17) is 4.99 Å². The van der Waals surface area contributed by atoms with E-state index in [9.17, 15) is 23.2 Å². The molecule has 2 aromatic rings. The van der Waals surface area contributed by atoms with Gasteiger partial charge in [0.05, 0.1) is 35.9 Å². The number of benzene rings is 2. The maximum atomic E-state index is 13.8. The summed E-state index contributed by atoms with van der Waals surface area (Å²) in [6.45, 7) is 3.57. The number of rotatable bonds is 4. The van der Waals surface area contributed by atoms with Crippen LogP contribution in [-0.4, -0.2) is 52.7 Å². The molecule has 190 valence electrons. The number of alkyl halides is 3. The van der Waals surface area contributed by atoms with Crippen molar-refractivity contribution in [3.8, 4) is 6.07 Å². The Balaban J connectivity index is 1.28. The normalized spacial score (nSPS) is 20.9. The van der Waals surface area contributed by atoms with Crippen molar-refractivity contribution in [2.75, 3.05) is 26.2 Å². The topological polar surface area (TPSA) is 62.9 Å². The fraction of sp³-hybridized carbons (Fsp3) is 0.393. The predicted molar refractivity (Wildman–Crippen MR) is 131 cm³/mol. The van der Waals surface area contributed by atoms with Crippen molar-refractivity contribution in [3.63, 3.8) is 0 Å². The van der Waals surface area contributed by atoms with E-state index < -0.39 is 11.7 Å². The Hall–Kier alpha value is -3.64. The summed E-state index contributed by atoms with van der Waals surface area (Å²) >= 11 is 0. The first kappa shape index (κ1) is 23.7. The van der Waals surface area contributed by atoms with E-state index in [1.54, 1.807) is 11.0 Å². The molecule has 1 fully saturated rings. The standard InChI is InChI=1S/C28H26F3N5O/c29-28(30,31)22-6-4-19(5-7-22)15-35-25(37)23-16-34(14-21-3-1-2-20(12-21)13-32)11-8-24(23)36-18-27(9-10-27)17-33-26(35)36/h1-7,12H,8-11,14-18H2. The Morgan fingerprint density at radius 3 is 2.54 bits per heavy atom. The summed E-state index contributed by atoms with van der Waals surface area (Å²) in [6.07, 6.45) is -1.43. The van der Waals surface area contributed by atoms with Crippen molar-refractivity contribution in [3.05, 3.63) is 82.1 Å². The lowest BCUT2D eigenvalue weighted by Crippen LogP contribution is -2.58. The van der Waals surface area contributed by atoms with E-state index >= 15 is 0 Å². The number of nitriles is 1. The van der Waals surface area contributed by atoms with E-state index in [1.165, 1.54) is 12.1 Å². The molecule has 6 rings (SSSR count). The minimum atomic E-state index is -4.40. The van der Waals surface area contributed by atoms with Gasteiger partial charge in [-0.25, -0.2) is 0 Å². The van der Waals surface area contributed by atoms with Crippen molar-refractivity contribution in [2.45, 2.75) is 38.5 Å². The van der Waals surface area contributed by atoms with Gasteiger partial charge < -0.3 is 4.90 Å². The average molecular weight is 506 g/mol. The summed E-state index contributed by atoms with van der Waals surface area (Å²) in [7, 11) is 0. The van der Waals surface area contributed by atoms with Crippen LogP contribution < -0.4 is 0 Å². The monoisotopic (exact) mass is 505 g/mol. The second-order valence-corrected chi connectivity index (χ2v) is 10.5. The number of nitrogens with zero attached hydrogens (tertiary/aromatic N) is 5. The molecule has 0 N–H and O–H groups in total. The van der Waals surface area contributed by atoms with Crippen LogP contribution in [0.5, 0.6) is 0 Å². The lowest BCUT2D eigenvalue weighted by Gasteiger charge is -2.47. The van der Waals surface area contributed by atoms with Gasteiger partial charge in [0.1, 0.15) is 0 Å². The quantitative estimate of drug-likeness (QED) is 0.613. The van der Waals surface area contributed by atoms with Gasteiger partial charge in [0.2, 0.25) is 5.96 Å². The molecule has 1 amide bonds. The van der Waals surface area contributed by atoms with Gasteiger partial charge in [-0.3, -0.25) is 19.6 Å². The zero-order valence-electron chi connectivity index (χ0n) is 20.3. The van der Waals surface area contributed by atoms with E-state index in [-0.39, 0.29) is 17.9 Å². The van der Waals surface area contributed by atoms with E-state index in [0.29, 0.717) is 36.7 Å². The highest BCUT2D eigenvalue weighted by Crippen LogP contribution is 2.50. The molecule has 0 unspecified atom stereocenters. The minimum absolute atomic E-state index is 0.132. The molecule has 0 aromatic heterocycles. The summed E-state index contributed by atoms with van der Waals surface area (Å²) < 4.78 is 39.1. The number of fused-ring (bicyclic) bond motifs is 2. The van der Waals surface area contributed by atoms with E-state index in [2.05, 4.69) is 15.9 Å². The third kappa shape index (κ3) is 4.51. The fourth-order valence-electron chi connectivity index (χ4n) is 5.53. The molecular weight excluding hydrogens is 479 g/mol. The maximum Gasteiger partial charge on any atom is 0.416 e. The molecule has 1 aliphatic carbocycles. The smallest absolute Gasteiger partial charge is 0.315 e. The van der Waals surface area contributed by atoms with Crippen molar-refractivity contribution in [2.24, 2.45) is 10.4 Å². The van der Waals surface area contributed by atoms with E-state index in [1.807, 2.05) is 18.2 Å². The van der Waals surface area contributed by atoms with Crippen molar-refractivity contribution in [1.29, 1.82) is 5.26 Å². The van der Waals surface area contributed by atoms with Crippen molar-refractivity contribution in [1.82, 2.24) is 14.7 Å². The third-order valence-corrected chi connectivity index (χ3v) is 7.80. The second kappa shape index (κ2) is 8.73. The third-order valence-electron chi connectivity index (χ3n) is 7.80. The van der Waals surface area contributed by atoms with Crippen molar-refractivity contribution < 1.29 is 18.0 Å². The zero-order valence-corrected chi connectivity index (χ0v) is 20.3. The highest BCUT2D eigenvalue weighted by Gasteiger charge is 2.51. The lowest BCUT2D eigenvalue weighted by atomic mass is 9.96. The van der Waals surface area contributed by atoms with Crippen LogP contribution in [0.4, 0.5) is 13.2 Å². The van der Waals surface area contributed by atoms with Crippen LogP contribution in [0.25, 0.3) is 0 Å². The summed E-state index contributed by atoms with van der Waals surface area (Å²) in [5, 5.41) is 9.23. The molecule has 37 heavy (non-hydrogen) atoms. The Labute approximate surface area is 213 Å². The predicted octanol–water partition coefficient (Wildman–Crippen LogP) is 4.53. The largest absolute Gasteiger partial charge is 0.416 e. The molecule has 1 spiro atoms. The molecule has 1 saturated carbocycles. The van der Waals surface area contributed by atoms with Gasteiger partial charge in [-0.05, 0) is 48.2 Å². The summed E-state index contributed by atoms with van der Waals surface area (Å²) in [6, 6.07) is 14.7. The van der Waals surface area contributed by atoms with Gasteiger partial charge in [0.15, 0.2) is 0 Å². The molecule has 2 aromatic carbocycles. The second-order valence-electron chi connectivity index (χ2n) is 10.5. The molecular formula is C28H26F3N5O. The van der Waals surface area contributed by atoms with Gasteiger partial charge >= 0.3 is 6.18 Å². The van der Waals surface area contributed by atoms with Gasteiger partial charge in [0, 0.05) is 43.7 Å². The van der Waals surface area contributed by atoms with Gasteiger partial charge in [-0.1, -0.05) is 24.3 Å². The van der Waals surface area contributed by atoms with Crippen LogP contribution in [-0.2, 0) is 24.1 Å². The summed E-state index contributed by atoms with van der Waals surface area (Å²) in [4.78, 5) is 24.7. The number of hydrogen-bond donors (Lipinski definition) is 0. The molecule has 0 radical (unpaired) electrons. The fourth-order valence-corrected chi connectivity index (χ4v) is 5.53. The zero-order chi connectivity index (χ0) is 25.8. The molecule has 0 bridgehead atoms. The molecule has 0 atom stereocenters. The van der Waals surface area contributed by atoms with Crippen LogP contribution >= 0.6 is 0 Å². The number of halogens is 3. The average Bonchev–Trinajstić information content (AvgIpc) is 3.64. The Morgan fingerprint density at radius 1 is 1.05 bits per heavy atom. The SMILES string of the molecule is N#Cc1cccc(CN2CCC3=C(C2)C(=O)N(Cc2ccc(C(F)(F)F)cc2)C2=NCC4(CC4)CN23)c1. The van der Waals surface area contributed by atoms with Crippen LogP contribution in [0.15, 0.2) is 64.8 Å². The number of carbonyl (C=O) groups excluding carboxylic acids is 1. The first-order chi connectivity index (χ1) is 17.7. The number of aliphatic imine (C=N–C) groups is 1. The number of carbonyl (C=O) groups is 1. The van der Waals surface area contributed by atoms with Crippen LogP contribution in [0.1, 0.15) is 41.5 Å². The minimum Gasteiger partial charge on any atom is -0.315 e. The van der Waals surface area contributed by atoms with E-state index in [0.717, 1.165) is 61.3 Å². The highest BCUT2D eigenvalue weighted by molar-refractivity contribution is 6.09. The number of hydrogen-bond acceptors (Lipinski definition) is 5. The van der Waals surface area contributed by atoms with Crippen molar-refractivity contribution >= 4 is 11.9 Å². The molecule has 3 heterocycles. The van der Waals surface area contributed by atoms with Crippen LogP contribution in [0.3, 0.4) is 0 Å². The molecule has 3 aliphatic heterocycles. The maximum absolute atomic E-state index is 13.8. The van der Waals surface area contributed by atoms with Gasteiger partial charge in [-0.2, -0.15) is 18.4 Å². The van der Waals surface area contributed by atoms with Crippen LogP contribution in [0, 0.1) is 16.7 Å². The summed E-state index contributed by atoms with van der Waals surface area (Å²) in [5.74, 6) is 0.489. The first-order valence-electron chi connectivity index (χ1n) is 12.5. The first-order valence-corrected chi connectivity index (χ1v) is 12.5. The molecule has 9 heteroatoms. The molecule has 0 saturated heterocycles. The molecule has 6 nitrogen and oxygen atoms in total. The molecule has 4 aliphatic rings. The summed E-state index contributed by atoms with van der Waals surface area (Å²) in [5.41, 5.74) is 3.48.